The van der Waals surface area contributed by atoms with E-state index in [9.17, 15) is 12.8 Å². The molecule has 33 heavy (non-hydrogen) atoms. The van der Waals surface area contributed by atoms with Gasteiger partial charge in [-0.25, -0.2) is 22.8 Å². The Morgan fingerprint density at radius 3 is 2.33 bits per heavy atom. The molecule has 2 aromatic heterocycles. The van der Waals surface area contributed by atoms with Crippen molar-refractivity contribution in [2.24, 2.45) is 0 Å². The molecule has 174 valence electrons. The SMILES string of the molecule is C[C@H](Nc1cc(N2CCN(S(C)(=O)=O)CC2)cc(Nc2cnccn2)n1)c1ccc(F)cc1. The molecule has 1 saturated heterocycles. The quantitative estimate of drug-likeness (QED) is 0.542. The van der Waals surface area contributed by atoms with Gasteiger partial charge in [-0.15, -0.1) is 0 Å². The summed E-state index contributed by atoms with van der Waals surface area (Å²) in [6.07, 6.45) is 6.02. The predicted octanol–water partition coefficient (Wildman–Crippen LogP) is 3.01. The van der Waals surface area contributed by atoms with E-state index >= 15 is 0 Å². The maximum atomic E-state index is 13.3. The zero-order valence-electron chi connectivity index (χ0n) is 18.4. The van der Waals surface area contributed by atoms with Gasteiger partial charge in [-0.3, -0.25) is 4.98 Å². The predicted molar refractivity (Wildman–Crippen MR) is 127 cm³/mol. The summed E-state index contributed by atoms with van der Waals surface area (Å²) in [5.41, 5.74) is 1.83. The van der Waals surface area contributed by atoms with E-state index in [0.717, 1.165) is 11.3 Å². The van der Waals surface area contributed by atoms with Crippen LogP contribution in [0.4, 0.5) is 27.5 Å². The molecule has 9 nitrogen and oxygen atoms in total. The van der Waals surface area contributed by atoms with Crippen LogP contribution in [0.5, 0.6) is 0 Å². The molecule has 11 heteroatoms. The summed E-state index contributed by atoms with van der Waals surface area (Å²) in [6, 6.07) is 10.1. The fourth-order valence-electron chi connectivity index (χ4n) is 3.67. The minimum absolute atomic E-state index is 0.111. The first-order valence-corrected chi connectivity index (χ1v) is 12.4. The van der Waals surface area contributed by atoms with E-state index < -0.39 is 10.0 Å². The second-order valence-electron chi connectivity index (χ2n) is 7.88. The fourth-order valence-corrected chi connectivity index (χ4v) is 4.49. The average Bonchev–Trinajstić information content (AvgIpc) is 2.79. The van der Waals surface area contributed by atoms with Gasteiger partial charge in [0.15, 0.2) is 0 Å². The van der Waals surface area contributed by atoms with Crippen LogP contribution in [-0.4, -0.2) is 60.1 Å². The van der Waals surface area contributed by atoms with Gasteiger partial charge in [-0.2, -0.15) is 4.31 Å². The van der Waals surface area contributed by atoms with Crippen LogP contribution in [0.1, 0.15) is 18.5 Å². The molecule has 1 aliphatic rings. The van der Waals surface area contributed by atoms with Gasteiger partial charge in [0.25, 0.3) is 0 Å². The lowest BCUT2D eigenvalue weighted by atomic mass is 10.1. The minimum Gasteiger partial charge on any atom is -0.369 e. The highest BCUT2D eigenvalue weighted by Crippen LogP contribution is 2.28. The molecular weight excluding hydrogens is 445 g/mol. The Hall–Kier alpha value is -3.31. The molecule has 3 heterocycles. The van der Waals surface area contributed by atoms with Crippen molar-refractivity contribution in [2.75, 3.05) is 48.0 Å². The summed E-state index contributed by atoms with van der Waals surface area (Å²) in [4.78, 5) is 15.1. The Labute approximate surface area is 192 Å². The zero-order chi connectivity index (χ0) is 23.4. The van der Waals surface area contributed by atoms with E-state index in [2.05, 4.69) is 30.5 Å². The van der Waals surface area contributed by atoms with Crippen molar-refractivity contribution in [3.8, 4) is 0 Å². The number of pyridine rings is 1. The Balaban J connectivity index is 1.58. The molecule has 1 fully saturated rings. The summed E-state index contributed by atoms with van der Waals surface area (Å²) in [5, 5.41) is 6.54. The third kappa shape index (κ3) is 5.93. The van der Waals surface area contributed by atoms with Gasteiger partial charge in [-0.1, -0.05) is 12.1 Å². The van der Waals surface area contributed by atoms with Gasteiger partial charge in [0, 0.05) is 62.4 Å². The molecule has 1 aromatic carbocycles. The Bertz CT molecular complexity index is 1190. The fraction of sp³-hybridized carbons (Fsp3) is 0.318. The monoisotopic (exact) mass is 471 g/mol. The number of rotatable bonds is 7. The molecule has 1 atom stereocenters. The average molecular weight is 472 g/mol. The number of nitrogens with zero attached hydrogens (tertiary/aromatic N) is 5. The van der Waals surface area contributed by atoms with Crippen LogP contribution in [0.3, 0.4) is 0 Å². The highest BCUT2D eigenvalue weighted by Gasteiger charge is 2.24. The van der Waals surface area contributed by atoms with Crippen molar-refractivity contribution in [3.05, 3.63) is 66.4 Å². The molecular formula is C22H26FN7O2S. The van der Waals surface area contributed by atoms with Gasteiger partial charge in [0.05, 0.1) is 12.5 Å². The smallest absolute Gasteiger partial charge is 0.211 e. The van der Waals surface area contributed by atoms with Crippen molar-refractivity contribution >= 4 is 33.2 Å². The highest BCUT2D eigenvalue weighted by molar-refractivity contribution is 7.88. The van der Waals surface area contributed by atoms with Crippen LogP contribution in [0.15, 0.2) is 55.0 Å². The van der Waals surface area contributed by atoms with Gasteiger partial charge >= 0.3 is 0 Å². The molecule has 0 spiro atoms. The third-order valence-corrected chi connectivity index (χ3v) is 6.74. The van der Waals surface area contributed by atoms with Crippen molar-refractivity contribution in [3.63, 3.8) is 0 Å². The van der Waals surface area contributed by atoms with Crippen LogP contribution >= 0.6 is 0 Å². The van der Waals surface area contributed by atoms with E-state index in [1.807, 2.05) is 19.1 Å². The number of nitrogens with one attached hydrogen (secondary N) is 2. The van der Waals surface area contributed by atoms with Crippen LogP contribution in [-0.2, 0) is 10.0 Å². The van der Waals surface area contributed by atoms with Gasteiger partial charge in [0.2, 0.25) is 10.0 Å². The van der Waals surface area contributed by atoms with Gasteiger partial charge < -0.3 is 15.5 Å². The van der Waals surface area contributed by atoms with Crippen LogP contribution in [0.25, 0.3) is 0 Å². The van der Waals surface area contributed by atoms with Gasteiger partial charge in [0.1, 0.15) is 23.3 Å². The van der Waals surface area contributed by atoms with Crippen molar-refractivity contribution < 1.29 is 12.8 Å². The van der Waals surface area contributed by atoms with Crippen LogP contribution in [0.2, 0.25) is 0 Å². The molecule has 3 aromatic rings. The summed E-state index contributed by atoms with van der Waals surface area (Å²) >= 11 is 0. The second kappa shape index (κ2) is 9.67. The molecule has 0 bridgehead atoms. The Morgan fingerprint density at radius 2 is 1.70 bits per heavy atom. The number of aromatic nitrogens is 3. The Morgan fingerprint density at radius 1 is 1.00 bits per heavy atom. The van der Waals surface area contributed by atoms with Crippen LogP contribution < -0.4 is 15.5 Å². The molecule has 4 rings (SSSR count). The molecule has 1 aliphatic heterocycles. The topological polar surface area (TPSA) is 103 Å². The highest BCUT2D eigenvalue weighted by atomic mass is 32.2. The lowest BCUT2D eigenvalue weighted by Crippen LogP contribution is -2.48. The van der Waals surface area contributed by atoms with Crippen molar-refractivity contribution in [1.82, 2.24) is 19.3 Å². The summed E-state index contributed by atoms with van der Waals surface area (Å²) in [6.45, 7) is 3.94. The number of halogens is 1. The van der Waals surface area contributed by atoms with Crippen LogP contribution in [0, 0.1) is 5.82 Å². The first kappa shape index (κ1) is 22.9. The standard InChI is InChI=1S/C22H26FN7O2S/c1-16(17-3-5-18(23)6-4-17)26-20-13-19(29-9-11-30(12-10-29)33(2,31)32)14-21(27-20)28-22-15-24-7-8-25-22/h3-8,13-16H,9-12H2,1-2H3,(H2,25,26,27,28)/t16-/m0/s1. The Kier molecular flexibility index (Phi) is 6.70. The largest absolute Gasteiger partial charge is 0.369 e. The van der Waals surface area contributed by atoms with E-state index in [-0.39, 0.29) is 11.9 Å². The van der Waals surface area contributed by atoms with E-state index in [1.165, 1.54) is 22.7 Å². The number of benzene rings is 1. The minimum atomic E-state index is -3.21. The molecule has 0 radical (unpaired) electrons. The van der Waals surface area contributed by atoms with Crippen molar-refractivity contribution in [1.29, 1.82) is 0 Å². The number of sulfonamides is 1. The first-order chi connectivity index (χ1) is 15.8. The normalized spacial score (nSPS) is 15.8. The summed E-state index contributed by atoms with van der Waals surface area (Å²) < 4.78 is 38.5. The van der Waals surface area contributed by atoms with E-state index in [1.54, 1.807) is 30.7 Å². The molecule has 2 N–H and O–H groups in total. The summed E-state index contributed by atoms with van der Waals surface area (Å²) in [5.74, 6) is 1.48. The molecule has 0 unspecified atom stereocenters. The molecule has 0 amide bonds. The molecule has 0 aliphatic carbocycles. The third-order valence-electron chi connectivity index (χ3n) is 5.44. The van der Waals surface area contributed by atoms with E-state index in [0.29, 0.717) is 43.6 Å². The van der Waals surface area contributed by atoms with Crippen molar-refractivity contribution in [2.45, 2.75) is 13.0 Å². The molecule has 0 saturated carbocycles. The number of piperazine rings is 1. The number of hydrogen-bond acceptors (Lipinski definition) is 8. The maximum Gasteiger partial charge on any atom is 0.211 e. The van der Waals surface area contributed by atoms with Gasteiger partial charge in [-0.05, 0) is 24.6 Å². The zero-order valence-corrected chi connectivity index (χ0v) is 19.3. The second-order valence-corrected chi connectivity index (χ2v) is 9.86. The first-order valence-electron chi connectivity index (χ1n) is 10.5. The maximum absolute atomic E-state index is 13.3. The summed E-state index contributed by atoms with van der Waals surface area (Å²) in [7, 11) is -3.21. The lowest BCUT2D eigenvalue weighted by Gasteiger charge is -2.35. The van der Waals surface area contributed by atoms with E-state index in [4.69, 9.17) is 0 Å². The lowest BCUT2D eigenvalue weighted by molar-refractivity contribution is 0.388. The number of anilines is 4. The number of hydrogen-bond donors (Lipinski definition) is 2.